The molecule has 16 aromatic rings. The fourth-order valence-corrected chi connectivity index (χ4v) is 16.4. The Hall–Kier alpha value is -12.1. The van der Waals surface area contributed by atoms with Gasteiger partial charge in [0.25, 0.3) is 0 Å². The van der Waals surface area contributed by atoms with E-state index in [0.29, 0.717) is 0 Å². The van der Waals surface area contributed by atoms with Crippen molar-refractivity contribution in [1.82, 2.24) is 0 Å². The zero-order valence-electron chi connectivity index (χ0n) is 51.7. The number of hydrogen-bond acceptors (Lipinski definition) is 2. The maximum absolute atomic E-state index is 2.56. The number of fused-ring (bicyclic) bond motifs is 7. The minimum atomic E-state index is -0.769. The lowest BCUT2D eigenvalue weighted by Crippen LogP contribution is -2.38. The van der Waals surface area contributed by atoms with Gasteiger partial charge in [0, 0.05) is 22.5 Å². The van der Waals surface area contributed by atoms with E-state index in [2.05, 4.69) is 386 Å². The molecule has 0 amide bonds. The van der Waals surface area contributed by atoms with Crippen molar-refractivity contribution in [3.8, 4) is 44.5 Å². The second kappa shape index (κ2) is 22.4. The van der Waals surface area contributed by atoms with E-state index in [-0.39, 0.29) is 0 Å². The van der Waals surface area contributed by atoms with Gasteiger partial charge in [0.05, 0.1) is 33.6 Å². The van der Waals surface area contributed by atoms with E-state index in [1.807, 2.05) is 0 Å². The van der Waals surface area contributed by atoms with Crippen LogP contribution < -0.4 is 9.80 Å². The van der Waals surface area contributed by atoms with Crippen LogP contribution in [0.4, 0.5) is 34.1 Å². The molecule has 2 nitrogen and oxygen atoms in total. The predicted octanol–water partition coefficient (Wildman–Crippen LogP) is 24.1. The molecule has 0 bridgehead atoms. The van der Waals surface area contributed by atoms with Gasteiger partial charge in [-0.2, -0.15) is 0 Å². The largest absolute Gasteiger partial charge is 0.310 e. The monoisotopic (exact) mass is 1190 g/mol. The number of rotatable bonds is 10. The van der Waals surface area contributed by atoms with Gasteiger partial charge in [0.2, 0.25) is 0 Å². The first-order valence-corrected chi connectivity index (χ1v) is 32.7. The Morgan fingerprint density at radius 2 is 0.543 bits per heavy atom. The molecule has 0 aliphatic carbocycles. The molecule has 0 saturated carbocycles. The highest BCUT2D eigenvalue weighted by Crippen LogP contribution is 2.63. The van der Waals surface area contributed by atoms with Crippen LogP contribution in [-0.4, -0.2) is 0 Å². The summed E-state index contributed by atoms with van der Waals surface area (Å²) < 4.78 is 0. The van der Waals surface area contributed by atoms with Gasteiger partial charge >= 0.3 is 0 Å². The van der Waals surface area contributed by atoms with Crippen LogP contribution in [0.15, 0.2) is 376 Å². The molecule has 0 N–H and O–H groups in total. The van der Waals surface area contributed by atoms with Gasteiger partial charge in [-0.05, 0) is 177 Å². The second-order valence-electron chi connectivity index (χ2n) is 24.9. The van der Waals surface area contributed by atoms with Crippen LogP contribution in [0, 0.1) is 0 Å². The molecule has 0 spiro atoms. The van der Waals surface area contributed by atoms with Gasteiger partial charge in [-0.1, -0.05) is 309 Å². The first kappa shape index (κ1) is 54.8. The third kappa shape index (κ3) is 8.29. The number of hydrogen-bond donors (Lipinski definition) is 0. The van der Waals surface area contributed by atoms with Gasteiger partial charge in [0.15, 0.2) is 0 Å². The molecule has 0 unspecified atom stereocenters. The van der Waals surface area contributed by atoms with Crippen LogP contribution >= 0.6 is 0 Å². The Kier molecular flexibility index (Phi) is 13.0. The molecular weight excluding hydrogens is 1130 g/mol. The van der Waals surface area contributed by atoms with Crippen molar-refractivity contribution in [2.24, 2.45) is 0 Å². The lowest BCUT2D eigenvalue weighted by Gasteiger charge is -2.47. The van der Waals surface area contributed by atoms with E-state index < -0.39 is 10.8 Å². The van der Waals surface area contributed by atoms with Crippen LogP contribution in [0.25, 0.3) is 76.8 Å². The highest BCUT2D eigenvalue weighted by Gasteiger charge is 2.50. The molecule has 440 valence electrons. The Bertz CT molecular complexity index is 5170. The summed E-state index contributed by atoms with van der Waals surface area (Å²) in [5.41, 5.74) is 24.3. The third-order valence-corrected chi connectivity index (χ3v) is 20.1. The van der Waals surface area contributed by atoms with Crippen LogP contribution in [0.2, 0.25) is 0 Å². The molecule has 0 radical (unpaired) electrons. The Balaban J connectivity index is 1.01. The standard InChI is InChI=1S/C92H62N2/c1-8-32-63(33-9-1)79-61-65(60-64-34-22-23-47-72(64)79)88-75-50-28-48-73(77-52-30-58-86-89(77)91(66-35-10-2-11-36-66,67-37-12-3-13-38-67)82-54-24-26-56-84(82)93(86)70-43-18-6-19-44-70)80(75)62-81-74(49-29-51-76(81)88)78-53-31-59-87-90(78)92(68-39-14-4-15-40-68,69-41-16-5-17-42-69)83-55-25-27-57-85(83)94(87)71-45-20-7-21-46-71/h1-62H. The Morgan fingerprint density at radius 1 is 0.202 bits per heavy atom. The van der Waals surface area contributed by atoms with Gasteiger partial charge in [-0.25, -0.2) is 0 Å². The second-order valence-corrected chi connectivity index (χ2v) is 24.9. The smallest absolute Gasteiger partial charge is 0.0748 e. The van der Waals surface area contributed by atoms with Gasteiger partial charge < -0.3 is 9.80 Å². The molecule has 16 aromatic carbocycles. The molecule has 0 aromatic heterocycles. The fourth-order valence-electron chi connectivity index (χ4n) is 16.4. The lowest BCUT2D eigenvalue weighted by molar-refractivity contribution is 0.733. The summed E-state index contributed by atoms with van der Waals surface area (Å²) in [6, 6.07) is 141. The van der Waals surface area contributed by atoms with E-state index >= 15 is 0 Å². The topological polar surface area (TPSA) is 6.48 Å². The van der Waals surface area contributed by atoms with Crippen molar-refractivity contribution in [2.45, 2.75) is 10.8 Å². The molecule has 2 heterocycles. The SMILES string of the molecule is c1ccc(-c2cc(-c3c4cccc(-c5cccc6c5C(c5ccccc5)(c5ccccc5)c5ccccc5N6c5ccccc5)c4cc4c(-c5cccc6c5C(c5ccccc5)(c5ccccc5)c5ccccc5N6c5ccccc5)cccc34)cc3ccccc23)cc1. The quantitative estimate of drug-likeness (QED) is 0.126. The van der Waals surface area contributed by atoms with Crippen molar-refractivity contribution in [3.63, 3.8) is 0 Å². The average Bonchev–Trinajstić information content (AvgIpc) is 0.694. The van der Waals surface area contributed by atoms with Crippen LogP contribution in [0.3, 0.4) is 0 Å². The highest BCUT2D eigenvalue weighted by atomic mass is 15.2. The van der Waals surface area contributed by atoms with Crippen LogP contribution in [-0.2, 0) is 10.8 Å². The van der Waals surface area contributed by atoms with Crippen molar-refractivity contribution < 1.29 is 0 Å². The summed E-state index contributed by atoms with van der Waals surface area (Å²) >= 11 is 0. The van der Waals surface area contributed by atoms with Crippen LogP contribution in [0.1, 0.15) is 44.5 Å². The van der Waals surface area contributed by atoms with E-state index in [1.165, 1.54) is 93.5 Å². The summed E-state index contributed by atoms with van der Waals surface area (Å²) in [6.07, 6.45) is 0. The minimum Gasteiger partial charge on any atom is -0.310 e. The van der Waals surface area contributed by atoms with Crippen molar-refractivity contribution in [2.75, 3.05) is 9.80 Å². The maximum atomic E-state index is 2.56. The normalized spacial score (nSPS) is 13.4. The first-order chi connectivity index (χ1) is 46.7. The Labute approximate surface area is 548 Å². The molecule has 2 aliphatic heterocycles. The lowest BCUT2D eigenvalue weighted by atomic mass is 9.60. The molecule has 2 aliphatic rings. The molecule has 0 fully saturated rings. The van der Waals surface area contributed by atoms with Crippen molar-refractivity contribution >= 4 is 66.4 Å². The summed E-state index contributed by atoms with van der Waals surface area (Å²) in [6.45, 7) is 0. The molecule has 94 heavy (non-hydrogen) atoms. The van der Waals surface area contributed by atoms with Gasteiger partial charge in [-0.3, -0.25) is 0 Å². The summed E-state index contributed by atoms with van der Waals surface area (Å²) in [4.78, 5) is 5.01. The fraction of sp³-hybridized carbons (Fsp3) is 0.0217. The van der Waals surface area contributed by atoms with E-state index in [0.717, 1.165) is 61.9 Å². The zero-order valence-corrected chi connectivity index (χ0v) is 51.7. The predicted molar refractivity (Wildman–Crippen MR) is 394 cm³/mol. The summed E-state index contributed by atoms with van der Waals surface area (Å²) in [5.74, 6) is 0. The number of para-hydroxylation sites is 4. The van der Waals surface area contributed by atoms with Crippen molar-refractivity contribution in [3.05, 3.63) is 421 Å². The van der Waals surface area contributed by atoms with Crippen molar-refractivity contribution in [1.29, 1.82) is 0 Å². The Morgan fingerprint density at radius 3 is 0.989 bits per heavy atom. The minimum absolute atomic E-state index is 0.769. The zero-order chi connectivity index (χ0) is 62.2. The molecular formula is C92H62N2. The highest BCUT2D eigenvalue weighted by molar-refractivity contribution is 6.21. The molecule has 0 saturated heterocycles. The molecule has 2 heteroatoms. The van der Waals surface area contributed by atoms with Gasteiger partial charge in [0.1, 0.15) is 0 Å². The number of anilines is 6. The first-order valence-electron chi connectivity index (χ1n) is 32.7. The van der Waals surface area contributed by atoms with E-state index in [4.69, 9.17) is 0 Å². The van der Waals surface area contributed by atoms with Crippen LogP contribution in [0.5, 0.6) is 0 Å². The molecule has 18 rings (SSSR count). The van der Waals surface area contributed by atoms with E-state index in [9.17, 15) is 0 Å². The van der Waals surface area contributed by atoms with Gasteiger partial charge in [-0.15, -0.1) is 0 Å². The summed E-state index contributed by atoms with van der Waals surface area (Å²) in [7, 11) is 0. The molecule has 0 atom stereocenters. The number of benzene rings is 16. The number of nitrogens with zero attached hydrogens (tertiary/aromatic N) is 2. The van der Waals surface area contributed by atoms with E-state index in [1.54, 1.807) is 0 Å². The average molecular weight is 1200 g/mol. The third-order valence-electron chi connectivity index (χ3n) is 20.1. The summed E-state index contributed by atoms with van der Waals surface area (Å²) in [5, 5.41) is 7.10. The maximum Gasteiger partial charge on any atom is 0.0748 e.